The Balaban J connectivity index is 2.23. The van der Waals surface area contributed by atoms with E-state index < -0.39 is 0 Å². The van der Waals surface area contributed by atoms with Gasteiger partial charge in [-0.25, -0.2) is 0 Å². The van der Waals surface area contributed by atoms with Gasteiger partial charge in [-0.2, -0.15) is 0 Å². The van der Waals surface area contributed by atoms with E-state index in [1.165, 1.54) is 22.3 Å². The largest absolute Gasteiger partial charge is 0.469 e. The molecule has 20 heavy (non-hydrogen) atoms. The fourth-order valence-corrected chi connectivity index (χ4v) is 2.62. The van der Waals surface area contributed by atoms with Gasteiger partial charge in [-0.05, 0) is 45.0 Å². The summed E-state index contributed by atoms with van der Waals surface area (Å²) >= 11 is 0. The lowest BCUT2D eigenvalue weighted by Gasteiger charge is -2.28. The predicted octanol–water partition coefficient (Wildman–Crippen LogP) is 3.34. The van der Waals surface area contributed by atoms with Crippen molar-refractivity contribution in [3.05, 3.63) is 58.5 Å². The third-order valence-electron chi connectivity index (χ3n) is 3.94. The molecule has 2 rings (SSSR count). The zero-order valence-electron chi connectivity index (χ0n) is 12.8. The van der Waals surface area contributed by atoms with Crippen molar-refractivity contribution in [2.45, 2.75) is 33.4 Å². The lowest BCUT2D eigenvalue weighted by Crippen LogP contribution is -2.30. The number of benzene rings is 1. The number of furan rings is 1. The highest BCUT2D eigenvalue weighted by Gasteiger charge is 2.18. The molecule has 3 heteroatoms. The van der Waals surface area contributed by atoms with Crippen molar-refractivity contribution in [2.24, 2.45) is 5.73 Å². The Morgan fingerprint density at radius 1 is 1.20 bits per heavy atom. The molecule has 0 bridgehead atoms. The fraction of sp³-hybridized carbons (Fsp3) is 0.412. The number of nitrogens with zero attached hydrogens (tertiary/aromatic N) is 1. The van der Waals surface area contributed by atoms with Crippen LogP contribution < -0.4 is 5.73 Å². The minimum atomic E-state index is 0.226. The summed E-state index contributed by atoms with van der Waals surface area (Å²) in [6, 6.07) is 8.81. The Bertz CT molecular complexity index is 574. The minimum Gasteiger partial charge on any atom is -0.469 e. The molecule has 1 atom stereocenters. The first kappa shape index (κ1) is 14.8. The molecule has 108 valence electrons. The summed E-state index contributed by atoms with van der Waals surface area (Å²) in [4.78, 5) is 2.29. The molecule has 0 saturated carbocycles. The van der Waals surface area contributed by atoms with Gasteiger partial charge < -0.3 is 10.2 Å². The molecule has 0 saturated heterocycles. The topological polar surface area (TPSA) is 42.4 Å². The smallest absolute Gasteiger partial charge is 0.105 e. The van der Waals surface area contributed by atoms with Gasteiger partial charge in [0.15, 0.2) is 0 Å². The van der Waals surface area contributed by atoms with E-state index in [-0.39, 0.29) is 6.04 Å². The standard InChI is InChI=1S/C17H24N2O/c1-12-5-6-13(2)16(9-12)17(10-18)19(4)11-15-7-8-20-14(15)3/h5-9,17H,10-11,18H2,1-4H3. The Labute approximate surface area is 121 Å². The average molecular weight is 272 g/mol. The maximum atomic E-state index is 6.03. The van der Waals surface area contributed by atoms with Gasteiger partial charge in [-0.1, -0.05) is 23.8 Å². The second kappa shape index (κ2) is 6.25. The quantitative estimate of drug-likeness (QED) is 0.907. The van der Waals surface area contributed by atoms with Crippen LogP contribution in [0.1, 0.15) is 34.1 Å². The highest BCUT2D eigenvalue weighted by atomic mass is 16.3. The van der Waals surface area contributed by atoms with E-state index in [1.807, 2.05) is 13.0 Å². The Morgan fingerprint density at radius 3 is 2.55 bits per heavy atom. The second-order valence-corrected chi connectivity index (χ2v) is 5.53. The van der Waals surface area contributed by atoms with Crippen molar-refractivity contribution in [1.82, 2.24) is 4.90 Å². The summed E-state index contributed by atoms with van der Waals surface area (Å²) in [5.74, 6) is 0.980. The summed E-state index contributed by atoms with van der Waals surface area (Å²) in [6.07, 6.45) is 1.74. The molecule has 1 unspecified atom stereocenters. The van der Waals surface area contributed by atoms with Gasteiger partial charge in [0.25, 0.3) is 0 Å². The first-order chi connectivity index (χ1) is 9.52. The Hall–Kier alpha value is -1.58. The SMILES string of the molecule is Cc1ccc(C)c(C(CN)N(C)Cc2ccoc2C)c1. The predicted molar refractivity (Wildman–Crippen MR) is 82.6 cm³/mol. The number of hydrogen-bond acceptors (Lipinski definition) is 3. The van der Waals surface area contributed by atoms with E-state index in [1.54, 1.807) is 6.26 Å². The molecule has 1 aromatic heterocycles. The molecule has 0 amide bonds. The summed E-state index contributed by atoms with van der Waals surface area (Å²) in [7, 11) is 2.12. The monoisotopic (exact) mass is 272 g/mol. The molecule has 1 aromatic carbocycles. The van der Waals surface area contributed by atoms with E-state index in [0.29, 0.717) is 6.54 Å². The van der Waals surface area contributed by atoms with Gasteiger partial charge in [-0.3, -0.25) is 4.90 Å². The van der Waals surface area contributed by atoms with Crippen LogP contribution in [0.2, 0.25) is 0 Å². The molecular formula is C17H24N2O. The number of aryl methyl sites for hydroxylation is 3. The molecule has 0 aliphatic carbocycles. The third-order valence-corrected chi connectivity index (χ3v) is 3.94. The normalized spacial score (nSPS) is 12.9. The molecule has 2 aromatic rings. The maximum absolute atomic E-state index is 6.03. The van der Waals surface area contributed by atoms with Crippen LogP contribution in [0.3, 0.4) is 0 Å². The van der Waals surface area contributed by atoms with Gasteiger partial charge in [0.05, 0.1) is 6.26 Å². The highest BCUT2D eigenvalue weighted by molar-refractivity contribution is 5.33. The summed E-state index contributed by atoms with van der Waals surface area (Å²) in [5.41, 5.74) is 11.1. The molecule has 0 aliphatic heterocycles. The maximum Gasteiger partial charge on any atom is 0.105 e. The van der Waals surface area contributed by atoms with Gasteiger partial charge in [0, 0.05) is 24.7 Å². The van der Waals surface area contributed by atoms with Crippen LogP contribution in [0.25, 0.3) is 0 Å². The van der Waals surface area contributed by atoms with Crippen LogP contribution in [0, 0.1) is 20.8 Å². The van der Waals surface area contributed by atoms with Crippen molar-refractivity contribution < 1.29 is 4.42 Å². The number of hydrogen-bond donors (Lipinski definition) is 1. The lowest BCUT2D eigenvalue weighted by atomic mass is 9.97. The van der Waals surface area contributed by atoms with Crippen molar-refractivity contribution >= 4 is 0 Å². The van der Waals surface area contributed by atoms with Crippen molar-refractivity contribution in [2.75, 3.05) is 13.6 Å². The van der Waals surface area contributed by atoms with Gasteiger partial charge in [0.2, 0.25) is 0 Å². The second-order valence-electron chi connectivity index (χ2n) is 5.53. The molecule has 2 N–H and O–H groups in total. The number of nitrogens with two attached hydrogens (primary N) is 1. The van der Waals surface area contributed by atoms with E-state index in [9.17, 15) is 0 Å². The van der Waals surface area contributed by atoms with Crippen LogP contribution >= 0.6 is 0 Å². The summed E-state index contributed by atoms with van der Waals surface area (Å²) in [6.45, 7) is 7.72. The third kappa shape index (κ3) is 3.11. The van der Waals surface area contributed by atoms with Crippen LogP contribution in [0.4, 0.5) is 0 Å². The van der Waals surface area contributed by atoms with Gasteiger partial charge >= 0.3 is 0 Å². The minimum absolute atomic E-state index is 0.226. The van der Waals surface area contributed by atoms with Gasteiger partial charge in [-0.15, -0.1) is 0 Å². The Kier molecular flexibility index (Phi) is 4.63. The van der Waals surface area contributed by atoms with E-state index in [4.69, 9.17) is 10.2 Å². The number of rotatable bonds is 5. The van der Waals surface area contributed by atoms with E-state index in [0.717, 1.165) is 12.3 Å². The molecule has 0 fully saturated rings. The summed E-state index contributed by atoms with van der Waals surface area (Å²) in [5, 5.41) is 0. The zero-order chi connectivity index (χ0) is 14.7. The molecular weight excluding hydrogens is 248 g/mol. The van der Waals surface area contributed by atoms with Crippen LogP contribution in [-0.4, -0.2) is 18.5 Å². The lowest BCUT2D eigenvalue weighted by molar-refractivity contribution is 0.239. The van der Waals surface area contributed by atoms with Crippen LogP contribution in [0.15, 0.2) is 34.9 Å². The molecule has 0 radical (unpaired) electrons. The van der Waals surface area contributed by atoms with Crippen molar-refractivity contribution in [3.8, 4) is 0 Å². The van der Waals surface area contributed by atoms with E-state index in [2.05, 4.69) is 44.0 Å². The number of likely N-dealkylation sites (N-methyl/N-ethyl adjacent to an activating group) is 1. The Morgan fingerprint density at radius 2 is 1.95 bits per heavy atom. The van der Waals surface area contributed by atoms with Crippen LogP contribution in [-0.2, 0) is 6.54 Å². The van der Waals surface area contributed by atoms with Crippen molar-refractivity contribution in [1.29, 1.82) is 0 Å². The first-order valence-corrected chi connectivity index (χ1v) is 7.03. The van der Waals surface area contributed by atoms with Gasteiger partial charge in [0.1, 0.15) is 5.76 Å². The fourth-order valence-electron chi connectivity index (χ4n) is 2.62. The van der Waals surface area contributed by atoms with Crippen molar-refractivity contribution in [3.63, 3.8) is 0 Å². The average Bonchev–Trinajstić information content (AvgIpc) is 2.80. The molecule has 0 spiro atoms. The van der Waals surface area contributed by atoms with Crippen LogP contribution in [0.5, 0.6) is 0 Å². The highest BCUT2D eigenvalue weighted by Crippen LogP contribution is 2.25. The summed E-state index contributed by atoms with van der Waals surface area (Å²) < 4.78 is 5.37. The first-order valence-electron chi connectivity index (χ1n) is 7.03. The molecule has 3 nitrogen and oxygen atoms in total. The molecule has 1 heterocycles. The molecule has 0 aliphatic rings. The van der Waals surface area contributed by atoms with E-state index >= 15 is 0 Å². The zero-order valence-corrected chi connectivity index (χ0v) is 12.8.